The molecule has 0 radical (unpaired) electrons. The summed E-state index contributed by atoms with van der Waals surface area (Å²) in [7, 11) is -3.46. The minimum Gasteiger partial charge on any atom is -0.395 e. The standard InChI is InChI=1S/C11H21NO4S/c1-11(2,17(3,15)16)10(14)12(7-8-13)9-5-4-6-9/h9,13H,4-8H2,1-3H3. The number of hydrogen-bond donors (Lipinski definition) is 1. The van der Waals surface area contributed by atoms with Gasteiger partial charge in [0.1, 0.15) is 4.75 Å². The van der Waals surface area contributed by atoms with E-state index in [1.165, 1.54) is 18.7 Å². The highest BCUT2D eigenvalue weighted by molar-refractivity contribution is 7.92. The molecule has 5 nitrogen and oxygen atoms in total. The maximum Gasteiger partial charge on any atom is 0.243 e. The molecule has 0 unspecified atom stereocenters. The molecule has 0 aromatic carbocycles. The summed E-state index contributed by atoms with van der Waals surface area (Å²) in [6.45, 7) is 2.92. The van der Waals surface area contributed by atoms with Crippen LogP contribution in [-0.4, -0.2) is 54.5 Å². The molecule has 1 rings (SSSR count). The van der Waals surface area contributed by atoms with Gasteiger partial charge in [-0.3, -0.25) is 4.79 Å². The van der Waals surface area contributed by atoms with E-state index in [0.717, 1.165) is 25.5 Å². The number of nitrogens with zero attached hydrogens (tertiary/aromatic N) is 1. The zero-order chi connectivity index (χ0) is 13.3. The van der Waals surface area contributed by atoms with Crippen molar-refractivity contribution in [3.8, 4) is 0 Å². The van der Waals surface area contributed by atoms with E-state index in [0.29, 0.717) is 0 Å². The van der Waals surface area contributed by atoms with E-state index in [2.05, 4.69) is 0 Å². The van der Waals surface area contributed by atoms with Crippen molar-refractivity contribution in [2.24, 2.45) is 0 Å². The maximum atomic E-state index is 12.3. The monoisotopic (exact) mass is 263 g/mol. The highest BCUT2D eigenvalue weighted by Crippen LogP contribution is 2.28. The summed E-state index contributed by atoms with van der Waals surface area (Å²) in [5.74, 6) is -0.404. The second-order valence-corrected chi connectivity index (χ2v) is 7.65. The average Bonchev–Trinajstić information content (AvgIpc) is 2.11. The number of carbonyl (C=O) groups is 1. The Hall–Kier alpha value is -0.620. The van der Waals surface area contributed by atoms with Crippen molar-refractivity contribution in [2.45, 2.75) is 43.9 Å². The van der Waals surface area contributed by atoms with Crippen molar-refractivity contribution in [2.75, 3.05) is 19.4 Å². The molecule has 1 saturated carbocycles. The molecule has 1 N–H and O–H groups in total. The lowest BCUT2D eigenvalue weighted by molar-refractivity contribution is -0.137. The molecule has 0 heterocycles. The quantitative estimate of drug-likeness (QED) is 0.768. The van der Waals surface area contributed by atoms with Crippen LogP contribution in [0.2, 0.25) is 0 Å². The Kier molecular flexibility index (Phi) is 4.19. The van der Waals surface area contributed by atoms with Gasteiger partial charge in [0.25, 0.3) is 0 Å². The van der Waals surface area contributed by atoms with E-state index in [4.69, 9.17) is 5.11 Å². The normalized spacial score (nSPS) is 17.6. The number of hydrogen-bond acceptors (Lipinski definition) is 4. The highest BCUT2D eigenvalue weighted by Gasteiger charge is 2.43. The molecule has 6 heteroatoms. The SMILES string of the molecule is CC(C)(C(=O)N(CCO)C1CCC1)S(C)(=O)=O. The maximum absolute atomic E-state index is 12.3. The summed E-state index contributed by atoms with van der Waals surface area (Å²) in [5, 5.41) is 8.98. The summed E-state index contributed by atoms with van der Waals surface area (Å²) in [5.41, 5.74) is 0. The van der Waals surface area contributed by atoms with Crippen molar-refractivity contribution in [3.05, 3.63) is 0 Å². The lowest BCUT2D eigenvalue weighted by atomic mass is 9.90. The first-order valence-corrected chi connectivity index (χ1v) is 7.72. The minimum atomic E-state index is -3.46. The number of aliphatic hydroxyl groups is 1. The van der Waals surface area contributed by atoms with Gasteiger partial charge in [-0.25, -0.2) is 8.42 Å². The molecular weight excluding hydrogens is 242 g/mol. The molecule has 1 aliphatic rings. The number of aliphatic hydroxyl groups excluding tert-OH is 1. The molecule has 0 bridgehead atoms. The van der Waals surface area contributed by atoms with Crippen LogP contribution in [0, 0.1) is 0 Å². The first kappa shape index (κ1) is 14.4. The number of rotatable bonds is 5. The molecule has 0 atom stereocenters. The van der Waals surface area contributed by atoms with Crippen LogP contribution >= 0.6 is 0 Å². The molecular formula is C11H21NO4S. The number of sulfone groups is 1. The van der Waals surface area contributed by atoms with E-state index in [9.17, 15) is 13.2 Å². The van der Waals surface area contributed by atoms with Gasteiger partial charge in [0, 0.05) is 18.8 Å². The summed E-state index contributed by atoms with van der Waals surface area (Å²) in [6, 6.07) is 0.0932. The van der Waals surface area contributed by atoms with Crippen molar-refractivity contribution in [1.29, 1.82) is 0 Å². The van der Waals surface area contributed by atoms with Crippen LogP contribution in [0.15, 0.2) is 0 Å². The lowest BCUT2D eigenvalue weighted by Crippen LogP contribution is -2.55. The fourth-order valence-electron chi connectivity index (χ4n) is 1.76. The summed E-state index contributed by atoms with van der Waals surface area (Å²) < 4.78 is 21.8. The Labute approximate surface area is 103 Å². The van der Waals surface area contributed by atoms with Crippen LogP contribution in [0.4, 0.5) is 0 Å². The van der Waals surface area contributed by atoms with Gasteiger partial charge in [-0.15, -0.1) is 0 Å². The van der Waals surface area contributed by atoms with Crippen LogP contribution in [0.3, 0.4) is 0 Å². The van der Waals surface area contributed by atoms with E-state index < -0.39 is 20.5 Å². The third-order valence-corrected chi connectivity index (χ3v) is 5.59. The van der Waals surface area contributed by atoms with E-state index in [1.807, 2.05) is 0 Å². The second kappa shape index (κ2) is 4.94. The predicted octanol–water partition coefficient (Wildman–Crippen LogP) is 0.183. The van der Waals surface area contributed by atoms with Crippen molar-refractivity contribution in [1.82, 2.24) is 4.90 Å². The Morgan fingerprint density at radius 2 is 1.94 bits per heavy atom. The van der Waals surface area contributed by atoms with Crippen LogP contribution in [0.1, 0.15) is 33.1 Å². The largest absolute Gasteiger partial charge is 0.395 e. The summed E-state index contributed by atoms with van der Waals surface area (Å²) >= 11 is 0. The smallest absolute Gasteiger partial charge is 0.243 e. The van der Waals surface area contributed by atoms with E-state index in [1.54, 1.807) is 0 Å². The molecule has 0 saturated heterocycles. The van der Waals surface area contributed by atoms with Gasteiger partial charge >= 0.3 is 0 Å². The predicted molar refractivity (Wildman–Crippen MR) is 65.4 cm³/mol. The topological polar surface area (TPSA) is 74.7 Å². The molecule has 17 heavy (non-hydrogen) atoms. The first-order chi connectivity index (χ1) is 7.71. The molecule has 0 aliphatic heterocycles. The van der Waals surface area contributed by atoms with Gasteiger partial charge in [-0.1, -0.05) is 0 Å². The minimum absolute atomic E-state index is 0.0932. The van der Waals surface area contributed by atoms with E-state index >= 15 is 0 Å². The van der Waals surface area contributed by atoms with Gasteiger partial charge in [0.2, 0.25) is 5.91 Å². The summed E-state index contributed by atoms with van der Waals surface area (Å²) in [4.78, 5) is 13.8. The van der Waals surface area contributed by atoms with Crippen LogP contribution in [0.25, 0.3) is 0 Å². The lowest BCUT2D eigenvalue weighted by Gasteiger charge is -2.40. The Morgan fingerprint density at radius 1 is 1.41 bits per heavy atom. The van der Waals surface area contributed by atoms with Crippen LogP contribution < -0.4 is 0 Å². The summed E-state index contributed by atoms with van der Waals surface area (Å²) in [6.07, 6.45) is 3.92. The highest BCUT2D eigenvalue weighted by atomic mass is 32.2. The van der Waals surface area contributed by atoms with Gasteiger partial charge < -0.3 is 10.0 Å². The second-order valence-electron chi connectivity index (χ2n) is 5.09. The fraction of sp³-hybridized carbons (Fsp3) is 0.909. The Bertz CT molecular complexity index is 384. The molecule has 0 spiro atoms. The van der Waals surface area contributed by atoms with Gasteiger partial charge in [0.05, 0.1) is 6.61 Å². The van der Waals surface area contributed by atoms with Gasteiger partial charge in [0.15, 0.2) is 9.84 Å². The fourth-order valence-corrected chi connectivity index (χ4v) is 2.19. The Balaban J connectivity index is 2.91. The van der Waals surface area contributed by atoms with E-state index in [-0.39, 0.29) is 19.2 Å². The third-order valence-electron chi connectivity index (χ3n) is 3.56. The van der Waals surface area contributed by atoms with Crippen molar-refractivity contribution < 1.29 is 18.3 Å². The van der Waals surface area contributed by atoms with Crippen LogP contribution in [0.5, 0.6) is 0 Å². The zero-order valence-electron chi connectivity index (χ0n) is 10.6. The zero-order valence-corrected chi connectivity index (χ0v) is 11.5. The third kappa shape index (κ3) is 2.80. The molecule has 0 aromatic rings. The molecule has 1 fully saturated rings. The average molecular weight is 263 g/mol. The van der Waals surface area contributed by atoms with Gasteiger partial charge in [-0.2, -0.15) is 0 Å². The molecule has 100 valence electrons. The molecule has 1 aliphatic carbocycles. The van der Waals surface area contributed by atoms with Crippen LogP contribution in [-0.2, 0) is 14.6 Å². The number of carbonyl (C=O) groups excluding carboxylic acids is 1. The molecule has 0 aromatic heterocycles. The number of amides is 1. The van der Waals surface area contributed by atoms with Crippen molar-refractivity contribution >= 4 is 15.7 Å². The first-order valence-electron chi connectivity index (χ1n) is 5.83. The molecule has 1 amide bonds. The van der Waals surface area contributed by atoms with Crippen molar-refractivity contribution in [3.63, 3.8) is 0 Å². The van der Waals surface area contributed by atoms with Gasteiger partial charge in [-0.05, 0) is 33.1 Å². The Morgan fingerprint density at radius 3 is 2.24 bits per heavy atom.